The second-order valence-corrected chi connectivity index (χ2v) is 8.82. The number of aromatic nitrogens is 2. The summed E-state index contributed by atoms with van der Waals surface area (Å²) in [4.78, 5) is 9.14. The summed E-state index contributed by atoms with van der Waals surface area (Å²) in [6, 6.07) is 5.45. The number of nitrogens with zero attached hydrogens (tertiary/aromatic N) is 2. The number of halogens is 1. The molecule has 3 rings (SSSR count). The molecule has 0 atom stereocenters. The van der Waals surface area contributed by atoms with Crippen molar-refractivity contribution in [3.8, 4) is 11.4 Å². The summed E-state index contributed by atoms with van der Waals surface area (Å²) in [5.74, 6) is 2.00. The molecule has 1 fully saturated rings. The highest BCUT2D eigenvalue weighted by atomic mass is 19.1. The van der Waals surface area contributed by atoms with E-state index < -0.39 is 0 Å². The van der Waals surface area contributed by atoms with E-state index in [1.54, 1.807) is 6.07 Å². The van der Waals surface area contributed by atoms with E-state index in [1.807, 2.05) is 24.5 Å². The first-order valence-electron chi connectivity index (χ1n) is 11.8. The molecule has 2 nitrogen and oxygen atoms in total. The van der Waals surface area contributed by atoms with Crippen molar-refractivity contribution in [3.05, 3.63) is 47.5 Å². The van der Waals surface area contributed by atoms with Crippen LogP contribution in [0, 0.1) is 11.7 Å². The normalized spacial score (nSPS) is 19.4. The standard InChI is InChI=1S/C26H37FN2/c1-3-5-7-9-20-11-13-21(14-12-20)24-18-28-26(29-19-24)23-16-15-22(25(27)17-23)10-8-6-4-2/h15-21H,3-14H2,1-2H3. The molecule has 0 spiro atoms. The zero-order valence-electron chi connectivity index (χ0n) is 18.3. The van der Waals surface area contributed by atoms with E-state index in [4.69, 9.17) is 0 Å². The summed E-state index contributed by atoms with van der Waals surface area (Å²) in [5.41, 5.74) is 2.82. The smallest absolute Gasteiger partial charge is 0.159 e. The fourth-order valence-electron chi connectivity index (χ4n) is 4.62. The maximum Gasteiger partial charge on any atom is 0.159 e. The van der Waals surface area contributed by atoms with Crippen LogP contribution < -0.4 is 0 Å². The summed E-state index contributed by atoms with van der Waals surface area (Å²) in [6.07, 6.45) is 18.7. The van der Waals surface area contributed by atoms with Crippen LogP contribution in [-0.4, -0.2) is 9.97 Å². The van der Waals surface area contributed by atoms with Crippen molar-refractivity contribution >= 4 is 0 Å². The van der Waals surface area contributed by atoms with E-state index in [1.165, 1.54) is 56.9 Å². The number of unbranched alkanes of at least 4 members (excludes halogenated alkanes) is 4. The first-order chi connectivity index (χ1) is 14.2. The Morgan fingerprint density at radius 1 is 0.897 bits per heavy atom. The third-order valence-corrected chi connectivity index (χ3v) is 6.57. The lowest BCUT2D eigenvalue weighted by Gasteiger charge is -2.28. The largest absolute Gasteiger partial charge is 0.236 e. The number of benzene rings is 1. The van der Waals surface area contributed by atoms with Gasteiger partial charge in [-0.25, -0.2) is 14.4 Å². The first kappa shape index (κ1) is 21.9. The Hall–Kier alpha value is -1.77. The SMILES string of the molecule is CCCCCc1ccc(-c2ncc(C3CCC(CCCCC)CC3)cn2)cc1F. The zero-order valence-corrected chi connectivity index (χ0v) is 18.3. The lowest BCUT2D eigenvalue weighted by atomic mass is 9.77. The van der Waals surface area contributed by atoms with Crippen LogP contribution >= 0.6 is 0 Å². The Bertz CT molecular complexity index is 733. The minimum atomic E-state index is -0.132. The van der Waals surface area contributed by atoms with Crippen LogP contribution in [-0.2, 0) is 6.42 Å². The first-order valence-corrected chi connectivity index (χ1v) is 11.8. The van der Waals surface area contributed by atoms with Gasteiger partial charge < -0.3 is 0 Å². The molecular formula is C26H37FN2. The van der Waals surface area contributed by atoms with Crippen molar-refractivity contribution in [1.82, 2.24) is 9.97 Å². The molecule has 0 unspecified atom stereocenters. The van der Waals surface area contributed by atoms with Crippen molar-refractivity contribution in [3.63, 3.8) is 0 Å². The van der Waals surface area contributed by atoms with E-state index >= 15 is 0 Å². The van der Waals surface area contributed by atoms with Crippen LogP contribution in [0.2, 0.25) is 0 Å². The van der Waals surface area contributed by atoms with Crippen molar-refractivity contribution in [2.45, 2.75) is 96.8 Å². The summed E-state index contributed by atoms with van der Waals surface area (Å²) in [5, 5.41) is 0. The second kappa shape index (κ2) is 11.4. The maximum atomic E-state index is 14.4. The third-order valence-electron chi connectivity index (χ3n) is 6.57. The highest BCUT2D eigenvalue weighted by Gasteiger charge is 2.22. The van der Waals surface area contributed by atoms with Gasteiger partial charge >= 0.3 is 0 Å². The van der Waals surface area contributed by atoms with Crippen LogP contribution in [0.15, 0.2) is 30.6 Å². The molecule has 1 aromatic heterocycles. The van der Waals surface area contributed by atoms with Gasteiger partial charge in [0.25, 0.3) is 0 Å². The highest BCUT2D eigenvalue weighted by Crippen LogP contribution is 2.37. The number of aryl methyl sites for hydroxylation is 1. The highest BCUT2D eigenvalue weighted by molar-refractivity contribution is 5.55. The van der Waals surface area contributed by atoms with Crippen LogP contribution in [0.25, 0.3) is 11.4 Å². The van der Waals surface area contributed by atoms with Crippen molar-refractivity contribution in [2.24, 2.45) is 5.92 Å². The van der Waals surface area contributed by atoms with Gasteiger partial charge in [0.15, 0.2) is 5.82 Å². The average molecular weight is 397 g/mol. The second-order valence-electron chi connectivity index (χ2n) is 8.82. The van der Waals surface area contributed by atoms with Crippen molar-refractivity contribution in [1.29, 1.82) is 0 Å². The molecule has 29 heavy (non-hydrogen) atoms. The Labute approximate surface area is 176 Å². The number of rotatable bonds is 10. The molecule has 0 radical (unpaired) electrons. The summed E-state index contributed by atoms with van der Waals surface area (Å²) >= 11 is 0. The molecule has 158 valence electrons. The molecule has 0 bridgehead atoms. The molecule has 1 aliphatic rings. The van der Waals surface area contributed by atoms with E-state index in [9.17, 15) is 4.39 Å². The molecule has 1 saturated carbocycles. The van der Waals surface area contributed by atoms with E-state index in [0.29, 0.717) is 11.7 Å². The molecule has 1 aliphatic carbocycles. The summed E-state index contributed by atoms with van der Waals surface area (Å²) in [7, 11) is 0. The number of hydrogen-bond donors (Lipinski definition) is 0. The quantitative estimate of drug-likeness (QED) is 0.382. The van der Waals surface area contributed by atoms with Crippen LogP contribution in [0.5, 0.6) is 0 Å². The topological polar surface area (TPSA) is 25.8 Å². The zero-order chi connectivity index (χ0) is 20.5. The van der Waals surface area contributed by atoms with E-state index in [0.717, 1.165) is 42.7 Å². The van der Waals surface area contributed by atoms with Crippen LogP contribution in [0.3, 0.4) is 0 Å². The van der Waals surface area contributed by atoms with Gasteiger partial charge in [0.05, 0.1) is 0 Å². The molecule has 0 aliphatic heterocycles. The van der Waals surface area contributed by atoms with Gasteiger partial charge in [0.2, 0.25) is 0 Å². The predicted molar refractivity (Wildman–Crippen MR) is 119 cm³/mol. The minimum Gasteiger partial charge on any atom is -0.236 e. The number of hydrogen-bond acceptors (Lipinski definition) is 2. The average Bonchev–Trinajstić information content (AvgIpc) is 2.76. The van der Waals surface area contributed by atoms with Crippen LogP contribution in [0.4, 0.5) is 4.39 Å². The van der Waals surface area contributed by atoms with Crippen molar-refractivity contribution in [2.75, 3.05) is 0 Å². The molecule has 0 N–H and O–H groups in total. The Morgan fingerprint density at radius 3 is 2.24 bits per heavy atom. The fourth-order valence-corrected chi connectivity index (χ4v) is 4.62. The predicted octanol–water partition coefficient (Wildman–Crippen LogP) is 7.87. The fraction of sp³-hybridized carbons (Fsp3) is 0.615. The summed E-state index contributed by atoms with van der Waals surface area (Å²) < 4.78 is 14.4. The lowest BCUT2D eigenvalue weighted by molar-refractivity contribution is 0.302. The third kappa shape index (κ3) is 6.35. The van der Waals surface area contributed by atoms with Crippen LogP contribution in [0.1, 0.15) is 102 Å². The van der Waals surface area contributed by atoms with Gasteiger partial charge in [-0.3, -0.25) is 0 Å². The van der Waals surface area contributed by atoms with E-state index in [2.05, 4.69) is 23.8 Å². The van der Waals surface area contributed by atoms with Gasteiger partial charge in [-0.1, -0.05) is 64.5 Å². The van der Waals surface area contributed by atoms with Crippen molar-refractivity contribution < 1.29 is 4.39 Å². The Morgan fingerprint density at radius 2 is 1.59 bits per heavy atom. The summed E-state index contributed by atoms with van der Waals surface area (Å²) in [6.45, 7) is 4.44. The lowest BCUT2D eigenvalue weighted by Crippen LogP contribution is -2.14. The minimum absolute atomic E-state index is 0.132. The van der Waals surface area contributed by atoms with E-state index in [-0.39, 0.29) is 5.82 Å². The van der Waals surface area contributed by atoms with Gasteiger partial charge in [0.1, 0.15) is 5.82 Å². The molecule has 2 aromatic rings. The molecule has 1 aromatic carbocycles. The monoisotopic (exact) mass is 396 g/mol. The molecule has 0 saturated heterocycles. The van der Waals surface area contributed by atoms with Gasteiger partial charge in [-0.05, 0) is 67.6 Å². The molecule has 0 amide bonds. The molecular weight excluding hydrogens is 359 g/mol. The molecule has 3 heteroatoms. The Kier molecular flexibility index (Phi) is 8.64. The molecule has 1 heterocycles. The van der Waals surface area contributed by atoms with Gasteiger partial charge in [0, 0.05) is 18.0 Å². The maximum absolute atomic E-state index is 14.4. The van der Waals surface area contributed by atoms with Gasteiger partial charge in [-0.2, -0.15) is 0 Å². The van der Waals surface area contributed by atoms with Gasteiger partial charge in [-0.15, -0.1) is 0 Å². The Balaban J connectivity index is 1.56.